The minimum Gasteiger partial charge on any atom is -0.354 e. The Morgan fingerprint density at radius 3 is 2.67 bits per heavy atom. The van der Waals surface area contributed by atoms with E-state index in [0.717, 1.165) is 6.42 Å². The molecule has 2 bridgehead atoms. The van der Waals surface area contributed by atoms with Crippen LogP contribution in [-0.4, -0.2) is 17.5 Å². The number of rotatable bonds is 1. The van der Waals surface area contributed by atoms with Gasteiger partial charge < -0.3 is 4.74 Å². The SMILES string of the molecule is CC(C)[C@]12O[C@H](C=CC1=O)C1(CCCCC1)C1=C2CC=C1. The summed E-state index contributed by atoms with van der Waals surface area (Å²) in [7, 11) is 0. The second kappa shape index (κ2) is 4.42. The lowest BCUT2D eigenvalue weighted by atomic mass is 9.59. The summed E-state index contributed by atoms with van der Waals surface area (Å²) in [5.41, 5.74) is 2.16. The summed E-state index contributed by atoms with van der Waals surface area (Å²) >= 11 is 0. The Morgan fingerprint density at radius 2 is 1.95 bits per heavy atom. The summed E-state index contributed by atoms with van der Waals surface area (Å²) in [6, 6.07) is 0. The van der Waals surface area contributed by atoms with Gasteiger partial charge in [-0.15, -0.1) is 0 Å². The largest absolute Gasteiger partial charge is 0.354 e. The molecule has 0 unspecified atom stereocenters. The van der Waals surface area contributed by atoms with Crippen LogP contribution < -0.4 is 0 Å². The fourth-order valence-electron chi connectivity index (χ4n) is 5.10. The van der Waals surface area contributed by atoms with Crippen LogP contribution in [0, 0.1) is 11.3 Å². The summed E-state index contributed by atoms with van der Waals surface area (Å²) in [5.74, 6) is 0.332. The van der Waals surface area contributed by atoms with E-state index in [4.69, 9.17) is 4.74 Å². The Balaban J connectivity index is 1.93. The lowest BCUT2D eigenvalue weighted by molar-refractivity contribution is -0.166. The van der Waals surface area contributed by atoms with E-state index in [0.29, 0.717) is 0 Å². The Hall–Kier alpha value is -1.15. The van der Waals surface area contributed by atoms with Crippen molar-refractivity contribution >= 4 is 5.78 Å². The van der Waals surface area contributed by atoms with E-state index < -0.39 is 5.60 Å². The maximum atomic E-state index is 12.7. The van der Waals surface area contributed by atoms with Crippen molar-refractivity contribution in [2.75, 3.05) is 0 Å². The molecule has 0 aromatic heterocycles. The van der Waals surface area contributed by atoms with Crippen LogP contribution in [0.5, 0.6) is 0 Å². The van der Waals surface area contributed by atoms with E-state index in [1.165, 1.54) is 43.3 Å². The van der Waals surface area contributed by atoms with Gasteiger partial charge in [-0.25, -0.2) is 0 Å². The smallest absolute Gasteiger partial charge is 0.191 e. The molecule has 2 heterocycles. The molecular weight excluding hydrogens is 260 g/mol. The number of carbonyl (C=O) groups excluding carboxylic acids is 1. The van der Waals surface area contributed by atoms with E-state index in [1.54, 1.807) is 0 Å². The van der Waals surface area contributed by atoms with Crippen LogP contribution in [0.3, 0.4) is 0 Å². The third-order valence-electron chi connectivity index (χ3n) is 6.12. The maximum Gasteiger partial charge on any atom is 0.191 e. The van der Waals surface area contributed by atoms with Gasteiger partial charge in [0.15, 0.2) is 11.4 Å². The monoisotopic (exact) mass is 284 g/mol. The Labute approximate surface area is 126 Å². The van der Waals surface area contributed by atoms with Crippen molar-refractivity contribution in [2.24, 2.45) is 11.3 Å². The van der Waals surface area contributed by atoms with Crippen molar-refractivity contribution in [1.29, 1.82) is 0 Å². The number of ether oxygens (including phenoxy) is 1. The summed E-state index contributed by atoms with van der Waals surface area (Å²) in [6.45, 7) is 4.24. The van der Waals surface area contributed by atoms with E-state index in [1.807, 2.05) is 12.2 Å². The number of allylic oxidation sites excluding steroid dienone is 2. The molecule has 0 aromatic carbocycles. The molecule has 0 amide bonds. The summed E-state index contributed by atoms with van der Waals surface area (Å²) in [6.07, 6.45) is 15.7. The minimum absolute atomic E-state index is 0.0828. The molecular formula is C19H24O2. The van der Waals surface area contributed by atoms with Crippen LogP contribution in [0.4, 0.5) is 0 Å². The zero-order chi connectivity index (χ0) is 14.7. The predicted octanol–water partition coefficient (Wildman–Crippen LogP) is 4.13. The van der Waals surface area contributed by atoms with Crippen LogP contribution in [0.1, 0.15) is 52.4 Å². The van der Waals surface area contributed by atoms with E-state index in [2.05, 4.69) is 26.0 Å². The van der Waals surface area contributed by atoms with Gasteiger partial charge in [-0.3, -0.25) is 4.79 Å². The number of carbonyl (C=O) groups is 1. The highest BCUT2D eigenvalue weighted by atomic mass is 16.5. The molecule has 2 nitrogen and oxygen atoms in total. The molecule has 0 saturated heterocycles. The average molecular weight is 284 g/mol. The minimum atomic E-state index is -0.694. The van der Waals surface area contributed by atoms with Crippen LogP contribution in [-0.2, 0) is 9.53 Å². The van der Waals surface area contributed by atoms with Crippen molar-refractivity contribution in [3.05, 3.63) is 35.5 Å². The average Bonchev–Trinajstić information content (AvgIpc) is 2.98. The van der Waals surface area contributed by atoms with Crippen LogP contribution >= 0.6 is 0 Å². The number of hydrogen-bond donors (Lipinski definition) is 0. The molecule has 2 aliphatic carbocycles. The summed E-state index contributed by atoms with van der Waals surface area (Å²) in [5, 5.41) is 0. The van der Waals surface area contributed by atoms with Crippen molar-refractivity contribution in [3.63, 3.8) is 0 Å². The van der Waals surface area contributed by atoms with Crippen molar-refractivity contribution < 1.29 is 9.53 Å². The lowest BCUT2D eigenvalue weighted by Crippen LogP contribution is -2.59. The molecule has 2 heteroatoms. The highest BCUT2D eigenvalue weighted by molar-refractivity contribution is 6.01. The molecule has 21 heavy (non-hydrogen) atoms. The summed E-state index contributed by atoms with van der Waals surface area (Å²) < 4.78 is 6.56. The first-order chi connectivity index (χ1) is 10.1. The first-order valence-electron chi connectivity index (χ1n) is 8.42. The molecule has 0 N–H and O–H groups in total. The molecule has 0 aromatic rings. The predicted molar refractivity (Wildman–Crippen MR) is 82.9 cm³/mol. The van der Waals surface area contributed by atoms with Gasteiger partial charge >= 0.3 is 0 Å². The van der Waals surface area contributed by atoms with Crippen LogP contribution in [0.15, 0.2) is 35.5 Å². The quantitative estimate of drug-likeness (QED) is 0.724. The van der Waals surface area contributed by atoms with Gasteiger partial charge in [0.2, 0.25) is 0 Å². The second-order valence-electron chi connectivity index (χ2n) is 7.37. The van der Waals surface area contributed by atoms with E-state index in [9.17, 15) is 4.79 Å². The van der Waals surface area contributed by atoms with Gasteiger partial charge in [-0.1, -0.05) is 51.3 Å². The molecule has 1 spiro atoms. The Kier molecular flexibility index (Phi) is 2.85. The molecule has 1 fully saturated rings. The van der Waals surface area contributed by atoms with Crippen LogP contribution in [0.25, 0.3) is 0 Å². The first kappa shape index (κ1) is 13.5. The zero-order valence-electron chi connectivity index (χ0n) is 13.0. The van der Waals surface area contributed by atoms with Crippen molar-refractivity contribution in [1.82, 2.24) is 0 Å². The lowest BCUT2D eigenvalue weighted by Gasteiger charge is -2.55. The van der Waals surface area contributed by atoms with Gasteiger partial charge in [0.25, 0.3) is 0 Å². The van der Waals surface area contributed by atoms with Gasteiger partial charge in [-0.2, -0.15) is 0 Å². The molecule has 2 aliphatic heterocycles. The Morgan fingerprint density at radius 1 is 1.19 bits per heavy atom. The highest BCUT2D eigenvalue weighted by Crippen LogP contribution is 2.59. The van der Waals surface area contributed by atoms with Crippen LogP contribution in [0.2, 0.25) is 0 Å². The Bertz CT molecular complexity index is 572. The molecule has 4 rings (SSSR count). The van der Waals surface area contributed by atoms with E-state index >= 15 is 0 Å². The number of hydrogen-bond acceptors (Lipinski definition) is 2. The van der Waals surface area contributed by atoms with Crippen molar-refractivity contribution in [2.45, 2.75) is 64.1 Å². The molecule has 2 atom stereocenters. The van der Waals surface area contributed by atoms with Gasteiger partial charge in [0.05, 0.1) is 6.10 Å². The zero-order valence-corrected chi connectivity index (χ0v) is 13.0. The van der Waals surface area contributed by atoms with E-state index in [-0.39, 0.29) is 23.2 Å². The molecule has 112 valence electrons. The molecule has 1 saturated carbocycles. The number of ketones is 1. The standard InChI is InChI=1S/C19H24O2/c1-13(2)19-15-8-6-7-14(15)18(11-4-3-5-12-18)17(21-19)10-9-16(19)20/h6-7,9-10,13,17H,3-5,8,11-12H2,1-2H3/t17-,19-/m1/s1. The van der Waals surface area contributed by atoms with Gasteiger partial charge in [0.1, 0.15) is 0 Å². The second-order valence-corrected chi connectivity index (χ2v) is 7.37. The van der Waals surface area contributed by atoms with Crippen molar-refractivity contribution in [3.8, 4) is 0 Å². The van der Waals surface area contributed by atoms with Gasteiger partial charge in [-0.05, 0) is 42.4 Å². The fraction of sp³-hybridized carbons (Fsp3) is 0.632. The normalized spacial score (nSPS) is 36.7. The number of fused-ring (bicyclic) bond motifs is 5. The maximum absolute atomic E-state index is 12.7. The third kappa shape index (κ3) is 1.55. The molecule has 4 aliphatic rings. The topological polar surface area (TPSA) is 26.3 Å². The highest BCUT2D eigenvalue weighted by Gasteiger charge is 2.59. The van der Waals surface area contributed by atoms with Gasteiger partial charge in [0, 0.05) is 5.41 Å². The first-order valence-corrected chi connectivity index (χ1v) is 8.42. The third-order valence-corrected chi connectivity index (χ3v) is 6.12. The fourth-order valence-corrected chi connectivity index (χ4v) is 5.10. The molecule has 0 radical (unpaired) electrons. The summed E-state index contributed by atoms with van der Waals surface area (Å²) in [4.78, 5) is 12.7.